The highest BCUT2D eigenvalue weighted by Crippen LogP contribution is 2.34. The fourth-order valence-electron chi connectivity index (χ4n) is 7.13. The molecule has 4 aromatic rings. The second-order valence-electron chi connectivity index (χ2n) is 13.7. The zero-order chi connectivity index (χ0) is 40.6. The standard InChI is InChI=1S/C39H42N8O10/c1-56-38(54)44-26(15-16-32(48)49)36(52)47-18-4-6-31(47)35-41-25-14-11-23(19-27(25)42-35)8-7-22-9-12-24(13-10-22)29-21-40-34(43-29)30-5-3-17-46(30)37(53)28(20-33(50)51)45-39(55)57-2/h9-14,19,21,26,28,30-31H,3-6,15-18,20H2,1-2H3,(H,40,43)(H,41,42)(H,44,54)(H,45,55)(H,48,49)(H,50,51)/t26-,28?,30-,31-/m0/s1. The molecule has 2 aromatic heterocycles. The van der Waals surface area contributed by atoms with E-state index < -0.39 is 60.5 Å². The number of fused-ring (bicyclic) bond motifs is 1. The van der Waals surface area contributed by atoms with E-state index in [-0.39, 0.29) is 18.9 Å². The molecule has 0 saturated carbocycles. The van der Waals surface area contributed by atoms with Crippen LogP contribution < -0.4 is 10.6 Å². The maximum Gasteiger partial charge on any atom is 0.407 e. The van der Waals surface area contributed by atoms with Gasteiger partial charge in [-0.1, -0.05) is 24.0 Å². The van der Waals surface area contributed by atoms with Crippen LogP contribution >= 0.6 is 0 Å². The fraction of sp³-hybridized carbons (Fsp3) is 0.385. The van der Waals surface area contributed by atoms with Crippen LogP contribution in [0.4, 0.5) is 9.59 Å². The van der Waals surface area contributed by atoms with E-state index in [9.17, 15) is 33.9 Å². The average molecular weight is 783 g/mol. The molecule has 0 spiro atoms. The van der Waals surface area contributed by atoms with E-state index in [0.717, 1.165) is 35.0 Å². The number of methoxy groups -OCH3 is 2. The third kappa shape index (κ3) is 9.50. The Hall–Kier alpha value is -6.90. The van der Waals surface area contributed by atoms with Crippen molar-refractivity contribution in [2.24, 2.45) is 0 Å². The van der Waals surface area contributed by atoms with Crippen molar-refractivity contribution in [1.82, 2.24) is 40.4 Å². The fourth-order valence-corrected chi connectivity index (χ4v) is 7.13. The molecule has 0 bridgehead atoms. The molecule has 18 nitrogen and oxygen atoms in total. The Labute approximate surface area is 326 Å². The quantitative estimate of drug-likeness (QED) is 0.113. The Morgan fingerprint density at radius 3 is 2.04 bits per heavy atom. The Bertz CT molecular complexity index is 2220. The first-order valence-corrected chi connectivity index (χ1v) is 18.3. The molecule has 18 heteroatoms. The lowest BCUT2D eigenvalue weighted by Gasteiger charge is -2.28. The van der Waals surface area contributed by atoms with Crippen molar-refractivity contribution in [3.8, 4) is 23.1 Å². The second-order valence-corrected chi connectivity index (χ2v) is 13.7. The molecule has 4 amide bonds. The summed E-state index contributed by atoms with van der Waals surface area (Å²) < 4.78 is 9.22. The molecule has 2 saturated heterocycles. The average Bonchev–Trinajstić information content (AvgIpc) is 4.04. The summed E-state index contributed by atoms with van der Waals surface area (Å²) >= 11 is 0. The van der Waals surface area contributed by atoms with E-state index in [1.165, 1.54) is 12.0 Å². The number of hydrogen-bond acceptors (Lipinski definition) is 10. The first kappa shape index (κ1) is 39.8. The molecule has 1 unspecified atom stereocenters. The van der Waals surface area contributed by atoms with Gasteiger partial charge in [-0.15, -0.1) is 0 Å². The third-order valence-electron chi connectivity index (χ3n) is 9.92. The van der Waals surface area contributed by atoms with Crippen LogP contribution in [0.15, 0.2) is 48.7 Å². The van der Waals surface area contributed by atoms with Crippen LogP contribution in [-0.4, -0.2) is 115 Å². The van der Waals surface area contributed by atoms with Crippen molar-refractivity contribution in [1.29, 1.82) is 0 Å². The molecule has 6 N–H and O–H groups in total. The van der Waals surface area contributed by atoms with Gasteiger partial charge in [0.05, 0.1) is 55.6 Å². The SMILES string of the molecule is COC(=O)NC(CC(=O)O)C(=O)N1CCC[C@H]1c1ncc(-c2ccc(C#Cc3ccc4nc([C@@H]5CCCN5C(=O)[C@H](CCC(=O)O)NC(=O)OC)[nH]c4c3)cc2)[nH]1. The van der Waals surface area contributed by atoms with Crippen molar-refractivity contribution < 1.29 is 48.5 Å². The number of carboxylic acid groups (broad SMARTS) is 2. The number of ether oxygens (including phenoxy) is 2. The number of carbonyl (C=O) groups is 6. The molecule has 2 fully saturated rings. The zero-order valence-corrected chi connectivity index (χ0v) is 31.2. The summed E-state index contributed by atoms with van der Waals surface area (Å²) in [5.74, 6) is 4.25. The lowest BCUT2D eigenvalue weighted by atomic mass is 10.1. The van der Waals surface area contributed by atoms with E-state index in [1.54, 1.807) is 11.1 Å². The molecule has 0 radical (unpaired) electrons. The van der Waals surface area contributed by atoms with Crippen LogP contribution in [0, 0.1) is 11.8 Å². The van der Waals surface area contributed by atoms with Crippen molar-refractivity contribution in [2.45, 2.75) is 69.1 Å². The minimum Gasteiger partial charge on any atom is -0.481 e. The summed E-state index contributed by atoms with van der Waals surface area (Å²) in [6, 6.07) is 9.97. The number of aromatic nitrogens is 4. The molecule has 2 aromatic carbocycles. The zero-order valence-electron chi connectivity index (χ0n) is 31.2. The van der Waals surface area contributed by atoms with Crippen molar-refractivity contribution in [3.63, 3.8) is 0 Å². The summed E-state index contributed by atoms with van der Waals surface area (Å²) in [5, 5.41) is 23.3. The number of rotatable bonds is 12. The molecule has 4 heterocycles. The number of carbonyl (C=O) groups excluding carboxylic acids is 4. The van der Waals surface area contributed by atoms with Crippen LogP contribution in [-0.2, 0) is 28.7 Å². The van der Waals surface area contributed by atoms with Gasteiger partial charge in [0.1, 0.15) is 23.7 Å². The molecule has 0 aliphatic carbocycles. The van der Waals surface area contributed by atoms with Crippen LogP contribution in [0.25, 0.3) is 22.3 Å². The van der Waals surface area contributed by atoms with Crippen molar-refractivity contribution in [2.75, 3.05) is 27.3 Å². The highest BCUT2D eigenvalue weighted by molar-refractivity contribution is 5.90. The lowest BCUT2D eigenvalue weighted by Crippen LogP contribution is -2.49. The van der Waals surface area contributed by atoms with Gasteiger partial charge in [0, 0.05) is 30.6 Å². The smallest absolute Gasteiger partial charge is 0.407 e. The molecular formula is C39H42N8O10. The Morgan fingerprint density at radius 2 is 1.40 bits per heavy atom. The van der Waals surface area contributed by atoms with Gasteiger partial charge >= 0.3 is 24.1 Å². The van der Waals surface area contributed by atoms with Gasteiger partial charge in [-0.3, -0.25) is 19.2 Å². The summed E-state index contributed by atoms with van der Waals surface area (Å²) in [5.41, 5.74) is 4.48. The van der Waals surface area contributed by atoms with E-state index in [0.29, 0.717) is 55.9 Å². The Kier molecular flexibility index (Phi) is 12.4. The number of carboxylic acids is 2. The van der Waals surface area contributed by atoms with E-state index in [4.69, 9.17) is 10.1 Å². The van der Waals surface area contributed by atoms with Gasteiger partial charge in [0.15, 0.2) is 0 Å². The first-order valence-electron chi connectivity index (χ1n) is 18.3. The summed E-state index contributed by atoms with van der Waals surface area (Å²) in [6.07, 6.45) is 1.64. The molecule has 4 atom stereocenters. The predicted octanol–water partition coefficient (Wildman–Crippen LogP) is 3.47. The Balaban J connectivity index is 1.12. The first-order chi connectivity index (χ1) is 27.4. The van der Waals surface area contributed by atoms with Gasteiger partial charge < -0.3 is 50.1 Å². The van der Waals surface area contributed by atoms with Crippen LogP contribution in [0.3, 0.4) is 0 Å². The monoisotopic (exact) mass is 782 g/mol. The lowest BCUT2D eigenvalue weighted by molar-refractivity contribution is -0.143. The van der Waals surface area contributed by atoms with E-state index in [2.05, 4.69) is 46.9 Å². The number of H-pyrrole nitrogens is 2. The van der Waals surface area contributed by atoms with Crippen molar-refractivity contribution in [3.05, 3.63) is 71.4 Å². The third-order valence-corrected chi connectivity index (χ3v) is 9.92. The minimum atomic E-state index is -1.28. The van der Waals surface area contributed by atoms with E-state index >= 15 is 0 Å². The molecule has 298 valence electrons. The molecular weight excluding hydrogens is 740 g/mol. The largest absolute Gasteiger partial charge is 0.481 e. The van der Waals surface area contributed by atoms with Crippen molar-refractivity contribution >= 4 is 47.0 Å². The highest BCUT2D eigenvalue weighted by Gasteiger charge is 2.38. The number of aromatic amines is 2. The van der Waals surface area contributed by atoms with E-state index in [1.807, 2.05) is 42.5 Å². The number of nitrogens with zero attached hydrogens (tertiary/aromatic N) is 4. The molecule has 57 heavy (non-hydrogen) atoms. The number of nitrogens with one attached hydrogen (secondary N) is 4. The van der Waals surface area contributed by atoms with Crippen LogP contribution in [0.2, 0.25) is 0 Å². The summed E-state index contributed by atoms with van der Waals surface area (Å²) in [4.78, 5) is 92.2. The summed E-state index contributed by atoms with van der Waals surface area (Å²) in [6.45, 7) is 0.814. The van der Waals surface area contributed by atoms with Gasteiger partial charge in [0.2, 0.25) is 11.8 Å². The van der Waals surface area contributed by atoms with Gasteiger partial charge in [0.25, 0.3) is 0 Å². The molecule has 2 aliphatic heterocycles. The van der Waals surface area contributed by atoms with Crippen LogP contribution in [0.5, 0.6) is 0 Å². The van der Waals surface area contributed by atoms with Gasteiger partial charge in [-0.2, -0.15) is 0 Å². The number of amides is 4. The predicted molar refractivity (Wildman–Crippen MR) is 201 cm³/mol. The molecule has 6 rings (SSSR count). The number of alkyl carbamates (subject to hydrolysis) is 2. The number of imidazole rings is 2. The maximum absolute atomic E-state index is 13.5. The number of benzene rings is 2. The molecule has 2 aliphatic rings. The van der Waals surface area contributed by atoms with Crippen LogP contribution in [0.1, 0.15) is 79.8 Å². The number of likely N-dealkylation sites (tertiary alicyclic amines) is 2. The highest BCUT2D eigenvalue weighted by atomic mass is 16.5. The maximum atomic E-state index is 13.5. The number of aliphatic carboxylic acids is 2. The number of hydrogen-bond donors (Lipinski definition) is 6. The topological polar surface area (TPSA) is 249 Å². The normalized spacial score (nSPS) is 17.3. The summed E-state index contributed by atoms with van der Waals surface area (Å²) in [7, 11) is 2.31. The Morgan fingerprint density at radius 1 is 0.807 bits per heavy atom. The minimum absolute atomic E-state index is 0.0802. The second kappa shape index (κ2) is 17.7. The van der Waals surface area contributed by atoms with Gasteiger partial charge in [-0.25, -0.2) is 19.6 Å². The van der Waals surface area contributed by atoms with Gasteiger partial charge in [-0.05, 0) is 68.0 Å².